The Morgan fingerprint density at radius 3 is 2.53 bits per heavy atom. The molecule has 0 aliphatic rings. The zero-order valence-electron chi connectivity index (χ0n) is 18.7. The molecule has 0 saturated carbocycles. The van der Waals surface area contributed by atoms with Crippen LogP contribution in [0.2, 0.25) is 0 Å². The van der Waals surface area contributed by atoms with Crippen LogP contribution in [0, 0.1) is 23.7 Å². The minimum Gasteiger partial charge on any atom is -0.396 e. The van der Waals surface area contributed by atoms with Crippen molar-refractivity contribution in [2.24, 2.45) is 5.73 Å². The number of aliphatic hydroxyl groups is 1. The molecule has 0 atom stereocenters. The first kappa shape index (κ1) is 24.4. The number of nitriles is 1. The van der Waals surface area contributed by atoms with Gasteiger partial charge in [0.05, 0.1) is 11.3 Å². The number of hydrogen-bond acceptors (Lipinski definition) is 5. The third-order valence-electron chi connectivity index (χ3n) is 4.76. The first-order valence-electron chi connectivity index (χ1n) is 10.3. The second kappa shape index (κ2) is 11.0. The quantitative estimate of drug-likeness (QED) is 0.169. The van der Waals surface area contributed by atoms with Gasteiger partial charge in [-0.2, -0.15) is 5.26 Å². The highest BCUT2D eigenvalue weighted by Crippen LogP contribution is 2.38. The summed E-state index contributed by atoms with van der Waals surface area (Å²) in [6.45, 7) is 9.64. The van der Waals surface area contributed by atoms with Crippen LogP contribution in [-0.4, -0.2) is 34.1 Å². The Balaban J connectivity index is 2.93. The Morgan fingerprint density at radius 1 is 1.38 bits per heavy atom. The van der Waals surface area contributed by atoms with Crippen molar-refractivity contribution in [1.82, 2.24) is 9.88 Å². The maximum absolute atomic E-state index is 12.6. The monoisotopic (exact) mass is 434 g/mol. The van der Waals surface area contributed by atoms with E-state index in [-0.39, 0.29) is 24.1 Å². The van der Waals surface area contributed by atoms with Crippen molar-refractivity contribution in [1.29, 1.82) is 10.7 Å². The van der Waals surface area contributed by atoms with E-state index in [4.69, 9.17) is 11.1 Å². The van der Waals surface area contributed by atoms with Crippen molar-refractivity contribution in [3.05, 3.63) is 59.4 Å². The fourth-order valence-electron chi connectivity index (χ4n) is 3.39. The lowest BCUT2D eigenvalue weighted by Gasteiger charge is -2.13. The van der Waals surface area contributed by atoms with Gasteiger partial charge in [-0.1, -0.05) is 36.4 Å². The van der Waals surface area contributed by atoms with Crippen molar-refractivity contribution < 1.29 is 9.90 Å². The molecule has 168 valence electrons. The van der Waals surface area contributed by atoms with Crippen LogP contribution in [0.1, 0.15) is 37.1 Å². The van der Waals surface area contributed by atoms with E-state index in [0.717, 1.165) is 11.1 Å². The van der Waals surface area contributed by atoms with Gasteiger partial charge < -0.3 is 26.0 Å². The maximum atomic E-state index is 12.6. The number of rotatable bonds is 10. The van der Waals surface area contributed by atoms with Gasteiger partial charge in [0.15, 0.2) is 0 Å². The number of carbonyl (C=O) groups is 1. The topological polar surface area (TPSA) is 140 Å². The summed E-state index contributed by atoms with van der Waals surface area (Å²) in [5, 5.41) is 33.2. The van der Waals surface area contributed by atoms with E-state index in [2.05, 4.69) is 17.2 Å². The molecule has 32 heavy (non-hydrogen) atoms. The van der Waals surface area contributed by atoms with Gasteiger partial charge >= 0.3 is 0 Å². The van der Waals surface area contributed by atoms with E-state index < -0.39 is 5.91 Å². The van der Waals surface area contributed by atoms with Crippen LogP contribution >= 0.6 is 0 Å². The fourth-order valence-corrected chi connectivity index (χ4v) is 3.39. The number of aryl methyl sites for hydroxylation is 1. The van der Waals surface area contributed by atoms with Gasteiger partial charge in [0.1, 0.15) is 23.3 Å². The molecule has 0 saturated heterocycles. The molecule has 1 amide bonds. The number of nitrogens with one attached hydrogen (secondary N) is 3. The molecule has 1 heterocycles. The lowest BCUT2D eigenvalue weighted by atomic mass is 9.98. The molecule has 1 aromatic carbocycles. The molecule has 0 aliphatic heterocycles. The second-order valence-corrected chi connectivity index (χ2v) is 7.64. The summed E-state index contributed by atoms with van der Waals surface area (Å²) in [5.74, 6) is -0.160. The Labute approximate surface area is 188 Å². The number of anilines is 1. The van der Waals surface area contributed by atoms with Crippen LogP contribution in [0.25, 0.3) is 17.2 Å². The molecule has 0 spiro atoms. The van der Waals surface area contributed by atoms with Gasteiger partial charge in [0.2, 0.25) is 0 Å². The average molecular weight is 435 g/mol. The predicted molar refractivity (Wildman–Crippen MR) is 128 cm³/mol. The Bertz CT molecular complexity index is 1070. The number of carbonyl (C=O) groups excluding carboxylic acids is 1. The van der Waals surface area contributed by atoms with Crippen LogP contribution in [0.15, 0.2) is 42.6 Å². The molecule has 8 nitrogen and oxygen atoms in total. The summed E-state index contributed by atoms with van der Waals surface area (Å²) in [4.78, 5) is 12.6. The van der Waals surface area contributed by atoms with Gasteiger partial charge in [-0.25, -0.2) is 0 Å². The molecule has 1 aromatic heterocycles. The summed E-state index contributed by atoms with van der Waals surface area (Å²) >= 11 is 0. The molecule has 0 bridgehead atoms. The molecule has 0 radical (unpaired) electrons. The summed E-state index contributed by atoms with van der Waals surface area (Å²) in [5.41, 5.74) is 9.34. The molecule has 0 unspecified atom stereocenters. The number of nitrogen functional groups attached to an aromatic ring is 1. The van der Waals surface area contributed by atoms with E-state index >= 15 is 0 Å². The molecule has 8 heteroatoms. The van der Waals surface area contributed by atoms with Crippen molar-refractivity contribution in [3.63, 3.8) is 0 Å². The van der Waals surface area contributed by atoms with Crippen LogP contribution < -0.4 is 16.4 Å². The normalized spacial score (nSPS) is 11.2. The molecular weight excluding hydrogens is 404 g/mol. The molecule has 0 fully saturated rings. The maximum Gasteiger partial charge on any atom is 0.262 e. The van der Waals surface area contributed by atoms with Crippen molar-refractivity contribution in [2.75, 3.05) is 11.9 Å². The first-order chi connectivity index (χ1) is 15.2. The minimum atomic E-state index is -0.491. The van der Waals surface area contributed by atoms with Gasteiger partial charge in [-0.15, -0.1) is 0 Å². The van der Waals surface area contributed by atoms with Crippen LogP contribution in [-0.2, 0) is 11.3 Å². The molecule has 0 aliphatic carbocycles. The molecule has 6 N–H and O–H groups in total. The molecule has 2 rings (SSSR count). The highest BCUT2D eigenvalue weighted by molar-refractivity contribution is 6.10. The van der Waals surface area contributed by atoms with E-state index in [9.17, 15) is 15.2 Å². The Morgan fingerprint density at radius 2 is 2.03 bits per heavy atom. The number of hydrogen-bond donors (Lipinski definition) is 5. The van der Waals surface area contributed by atoms with Crippen LogP contribution in [0.4, 0.5) is 5.82 Å². The third kappa shape index (κ3) is 5.45. The summed E-state index contributed by atoms with van der Waals surface area (Å²) in [6, 6.07) is 9.53. The zero-order chi connectivity index (χ0) is 23.8. The number of amides is 1. The summed E-state index contributed by atoms with van der Waals surface area (Å²) < 4.78 is 1.81. The number of nitrogens with two attached hydrogens (primary N) is 1. The van der Waals surface area contributed by atoms with Gasteiger partial charge in [-0.05, 0) is 45.0 Å². The smallest absolute Gasteiger partial charge is 0.262 e. The highest BCUT2D eigenvalue weighted by atomic mass is 16.3. The number of nitrogens with zero attached hydrogens (tertiary/aromatic N) is 2. The van der Waals surface area contributed by atoms with E-state index in [1.54, 1.807) is 0 Å². The number of amidine groups is 1. The zero-order valence-corrected chi connectivity index (χ0v) is 18.7. The Kier molecular flexibility index (Phi) is 8.38. The number of aliphatic hydroxyl groups excluding tert-OH is 1. The second-order valence-electron chi connectivity index (χ2n) is 7.64. The van der Waals surface area contributed by atoms with E-state index in [1.165, 1.54) is 12.3 Å². The SMILES string of the molecule is C=CNc1c(C(=N)N)c(-c2ccc(C)cc2)c(/C=C(\C#N)C(=O)NC(C)C)n1CCCO. The largest absolute Gasteiger partial charge is 0.396 e. The average Bonchev–Trinajstić information content (AvgIpc) is 3.03. The lowest BCUT2D eigenvalue weighted by Crippen LogP contribution is -2.31. The lowest BCUT2D eigenvalue weighted by molar-refractivity contribution is -0.117. The van der Waals surface area contributed by atoms with Crippen molar-refractivity contribution >= 4 is 23.6 Å². The van der Waals surface area contributed by atoms with Crippen molar-refractivity contribution in [2.45, 2.75) is 39.8 Å². The van der Waals surface area contributed by atoms with Gasteiger partial charge in [0, 0.05) is 24.8 Å². The number of aromatic nitrogens is 1. The number of benzene rings is 1. The van der Waals surface area contributed by atoms with Gasteiger partial charge in [0.25, 0.3) is 5.91 Å². The standard InChI is InChI=1S/C24H30N6O2/c1-5-28-23-21(22(26)27)20(17-9-7-16(4)8-10-17)19(30(23)11-6-12-31)13-18(14-25)24(32)29-15(2)3/h5,7-10,13,15,28,31H,1,6,11-12H2,2-4H3,(H3,26,27)(H,29,32)/b18-13+. The summed E-state index contributed by atoms with van der Waals surface area (Å²) in [6.07, 6.45) is 3.40. The minimum absolute atomic E-state index is 0.0525. The first-order valence-corrected chi connectivity index (χ1v) is 10.3. The van der Waals surface area contributed by atoms with E-state index in [1.807, 2.05) is 55.7 Å². The van der Waals surface area contributed by atoms with Gasteiger partial charge in [-0.3, -0.25) is 10.2 Å². The Hall–Kier alpha value is -3.83. The summed E-state index contributed by atoms with van der Waals surface area (Å²) in [7, 11) is 0. The van der Waals surface area contributed by atoms with Crippen LogP contribution in [0.3, 0.4) is 0 Å². The molecular formula is C24H30N6O2. The third-order valence-corrected chi connectivity index (χ3v) is 4.76. The van der Waals surface area contributed by atoms with E-state index in [0.29, 0.717) is 35.6 Å². The fraction of sp³-hybridized carbons (Fsp3) is 0.292. The van der Waals surface area contributed by atoms with Crippen LogP contribution in [0.5, 0.6) is 0 Å². The highest BCUT2D eigenvalue weighted by Gasteiger charge is 2.25. The molecule has 2 aromatic rings. The van der Waals surface area contributed by atoms with Crippen molar-refractivity contribution in [3.8, 4) is 17.2 Å². The predicted octanol–water partition coefficient (Wildman–Crippen LogP) is 3.12.